The normalized spacial score (nSPS) is 13.7. The van der Waals surface area contributed by atoms with Crippen LogP contribution in [0.15, 0.2) is 43.0 Å². The molecule has 0 aliphatic heterocycles. The Bertz CT molecular complexity index is 604. The average Bonchev–Trinajstić information content (AvgIpc) is 3.13. The van der Waals surface area contributed by atoms with Crippen molar-refractivity contribution in [2.75, 3.05) is 0 Å². The highest BCUT2D eigenvalue weighted by atomic mass is 16.3. The van der Waals surface area contributed by atoms with Crippen LogP contribution in [0.3, 0.4) is 0 Å². The fourth-order valence-electron chi connectivity index (χ4n) is 3.71. The van der Waals surface area contributed by atoms with E-state index in [2.05, 4.69) is 30.1 Å². The van der Waals surface area contributed by atoms with E-state index in [1.165, 1.54) is 63.4 Å². The van der Waals surface area contributed by atoms with Crippen LogP contribution in [0.1, 0.15) is 82.8 Å². The highest BCUT2D eigenvalue weighted by Gasteiger charge is 2.26. The molecule has 1 atom stereocenters. The second-order valence-electron chi connectivity index (χ2n) is 7.74. The van der Waals surface area contributed by atoms with Gasteiger partial charge in [0.25, 0.3) is 0 Å². The molecular formula is C23H36N2O. The summed E-state index contributed by atoms with van der Waals surface area (Å²) in [7, 11) is 0. The lowest BCUT2D eigenvalue weighted by Crippen LogP contribution is -2.28. The maximum Gasteiger partial charge on any atom is 0.105 e. The number of benzene rings is 1. The third-order valence-electron chi connectivity index (χ3n) is 5.20. The molecule has 0 aliphatic rings. The van der Waals surface area contributed by atoms with E-state index in [4.69, 9.17) is 0 Å². The molecule has 1 N–H and O–H groups in total. The van der Waals surface area contributed by atoms with E-state index >= 15 is 0 Å². The number of aryl methyl sites for hydroxylation is 1. The number of imidazole rings is 1. The van der Waals surface area contributed by atoms with Crippen molar-refractivity contribution >= 4 is 0 Å². The minimum absolute atomic E-state index is 0.530. The topological polar surface area (TPSA) is 38.0 Å². The van der Waals surface area contributed by atoms with Crippen LogP contribution in [0.4, 0.5) is 0 Å². The van der Waals surface area contributed by atoms with Crippen molar-refractivity contribution in [1.82, 2.24) is 9.55 Å². The van der Waals surface area contributed by atoms with Crippen molar-refractivity contribution in [1.29, 1.82) is 0 Å². The molecule has 2 rings (SSSR count). The molecule has 3 nitrogen and oxygen atoms in total. The predicted molar refractivity (Wildman–Crippen MR) is 109 cm³/mol. The maximum atomic E-state index is 11.0. The lowest BCUT2D eigenvalue weighted by Gasteiger charge is -2.27. The number of rotatable bonds is 13. The van der Waals surface area contributed by atoms with Crippen LogP contribution in [-0.2, 0) is 18.6 Å². The quantitative estimate of drug-likeness (QED) is 0.456. The second kappa shape index (κ2) is 11.2. The van der Waals surface area contributed by atoms with Gasteiger partial charge >= 0.3 is 0 Å². The predicted octanol–water partition coefficient (Wildman–Crippen LogP) is 5.86. The number of nitrogens with zero attached hydrogens (tertiary/aromatic N) is 2. The molecule has 0 bridgehead atoms. The van der Waals surface area contributed by atoms with Crippen molar-refractivity contribution in [2.24, 2.45) is 0 Å². The van der Waals surface area contributed by atoms with Crippen LogP contribution in [0.5, 0.6) is 0 Å². The molecule has 0 saturated carbocycles. The van der Waals surface area contributed by atoms with Crippen molar-refractivity contribution in [3.63, 3.8) is 0 Å². The summed E-state index contributed by atoms with van der Waals surface area (Å²) >= 11 is 0. The Labute approximate surface area is 159 Å². The zero-order chi connectivity index (χ0) is 18.7. The van der Waals surface area contributed by atoms with Gasteiger partial charge in [-0.1, -0.05) is 82.6 Å². The lowest BCUT2D eigenvalue weighted by atomic mass is 9.89. The first-order valence-electron chi connectivity index (χ1n) is 10.4. The SMILES string of the molecule is CCCCCCCCCCCc1ccccc1C(C)(O)Cn1ccnc1. The summed E-state index contributed by atoms with van der Waals surface area (Å²) < 4.78 is 1.94. The molecular weight excluding hydrogens is 320 g/mol. The van der Waals surface area contributed by atoms with Crippen molar-refractivity contribution in [3.05, 3.63) is 54.1 Å². The second-order valence-corrected chi connectivity index (χ2v) is 7.74. The largest absolute Gasteiger partial charge is 0.384 e. The summed E-state index contributed by atoms with van der Waals surface area (Å²) in [6.45, 7) is 4.70. The first kappa shape index (κ1) is 20.7. The van der Waals surface area contributed by atoms with Gasteiger partial charge in [0.2, 0.25) is 0 Å². The standard InChI is InChI=1S/C23H36N2O/c1-3-4-5-6-7-8-9-10-11-14-21-15-12-13-16-22(21)23(2,26)19-25-18-17-24-20-25/h12-13,15-18,20,26H,3-11,14,19H2,1-2H3. The number of hydrogen-bond acceptors (Lipinski definition) is 2. The van der Waals surface area contributed by atoms with E-state index < -0.39 is 5.60 Å². The Morgan fingerprint density at radius 1 is 0.962 bits per heavy atom. The minimum atomic E-state index is -0.878. The smallest absolute Gasteiger partial charge is 0.105 e. The molecule has 1 heterocycles. The van der Waals surface area contributed by atoms with Crippen molar-refractivity contribution < 1.29 is 5.11 Å². The van der Waals surface area contributed by atoms with Crippen LogP contribution in [0.2, 0.25) is 0 Å². The summed E-state index contributed by atoms with van der Waals surface area (Å²) in [5.74, 6) is 0. The fourth-order valence-corrected chi connectivity index (χ4v) is 3.71. The Morgan fingerprint density at radius 2 is 1.62 bits per heavy atom. The summed E-state index contributed by atoms with van der Waals surface area (Å²) in [5.41, 5.74) is 1.45. The summed E-state index contributed by atoms with van der Waals surface area (Å²) in [5, 5.41) is 11.0. The molecule has 0 spiro atoms. The van der Waals surface area contributed by atoms with Crippen LogP contribution in [0.25, 0.3) is 0 Å². The molecule has 0 amide bonds. The highest BCUT2D eigenvalue weighted by molar-refractivity contribution is 5.32. The van der Waals surface area contributed by atoms with E-state index in [-0.39, 0.29) is 0 Å². The van der Waals surface area contributed by atoms with Crippen LogP contribution in [-0.4, -0.2) is 14.7 Å². The van der Waals surface area contributed by atoms with E-state index in [9.17, 15) is 5.11 Å². The third-order valence-corrected chi connectivity index (χ3v) is 5.20. The van der Waals surface area contributed by atoms with E-state index in [0.717, 1.165) is 12.0 Å². The van der Waals surface area contributed by atoms with Crippen molar-refractivity contribution in [2.45, 2.75) is 90.2 Å². The van der Waals surface area contributed by atoms with Crippen LogP contribution in [0, 0.1) is 0 Å². The molecule has 1 unspecified atom stereocenters. The van der Waals surface area contributed by atoms with Gasteiger partial charge in [-0.3, -0.25) is 0 Å². The zero-order valence-electron chi connectivity index (χ0n) is 16.7. The van der Waals surface area contributed by atoms with Gasteiger partial charge in [0.05, 0.1) is 12.9 Å². The van der Waals surface area contributed by atoms with Gasteiger partial charge in [-0.15, -0.1) is 0 Å². The minimum Gasteiger partial charge on any atom is -0.384 e. The zero-order valence-corrected chi connectivity index (χ0v) is 16.7. The van der Waals surface area contributed by atoms with Crippen molar-refractivity contribution in [3.8, 4) is 0 Å². The molecule has 2 aromatic rings. The van der Waals surface area contributed by atoms with Crippen LogP contribution >= 0.6 is 0 Å². The van der Waals surface area contributed by atoms with Gasteiger partial charge < -0.3 is 9.67 Å². The van der Waals surface area contributed by atoms with Gasteiger partial charge in [0, 0.05) is 12.4 Å². The molecule has 1 aromatic heterocycles. The van der Waals surface area contributed by atoms with Gasteiger partial charge in [-0.25, -0.2) is 4.98 Å². The van der Waals surface area contributed by atoms with Gasteiger partial charge in [0.1, 0.15) is 5.60 Å². The van der Waals surface area contributed by atoms with Gasteiger partial charge in [-0.2, -0.15) is 0 Å². The Balaban J connectivity index is 1.77. The third kappa shape index (κ3) is 6.95. The molecule has 0 radical (unpaired) electrons. The van der Waals surface area contributed by atoms with E-state index in [1.54, 1.807) is 12.5 Å². The maximum absolute atomic E-state index is 11.0. The number of unbranched alkanes of at least 4 members (excludes halogenated alkanes) is 8. The molecule has 0 aliphatic carbocycles. The average molecular weight is 357 g/mol. The Kier molecular flexibility index (Phi) is 8.90. The lowest BCUT2D eigenvalue weighted by molar-refractivity contribution is 0.0373. The molecule has 0 fully saturated rings. The van der Waals surface area contributed by atoms with E-state index in [1.807, 2.05) is 23.8 Å². The highest BCUT2D eigenvalue weighted by Crippen LogP contribution is 2.27. The van der Waals surface area contributed by atoms with Gasteiger partial charge in [-0.05, 0) is 30.9 Å². The van der Waals surface area contributed by atoms with E-state index in [0.29, 0.717) is 6.54 Å². The summed E-state index contributed by atoms with van der Waals surface area (Å²) in [6, 6.07) is 8.35. The molecule has 26 heavy (non-hydrogen) atoms. The monoisotopic (exact) mass is 356 g/mol. The first-order valence-corrected chi connectivity index (χ1v) is 10.4. The molecule has 1 aromatic carbocycles. The summed E-state index contributed by atoms with van der Waals surface area (Å²) in [6.07, 6.45) is 18.5. The molecule has 0 saturated heterocycles. The fraction of sp³-hybridized carbons (Fsp3) is 0.609. The molecule has 3 heteroatoms. The Hall–Kier alpha value is -1.61. The summed E-state index contributed by atoms with van der Waals surface area (Å²) in [4.78, 5) is 4.08. The first-order chi connectivity index (χ1) is 12.6. The number of aromatic nitrogens is 2. The number of aliphatic hydroxyl groups is 1. The van der Waals surface area contributed by atoms with Crippen LogP contribution < -0.4 is 0 Å². The number of hydrogen-bond donors (Lipinski definition) is 1. The molecule has 144 valence electrons. The Morgan fingerprint density at radius 3 is 2.27 bits per heavy atom. The van der Waals surface area contributed by atoms with Gasteiger partial charge in [0.15, 0.2) is 0 Å².